The van der Waals surface area contributed by atoms with Crippen LogP contribution in [0.15, 0.2) is 121 Å². The van der Waals surface area contributed by atoms with Crippen LogP contribution in [0.5, 0.6) is 0 Å². The number of carbonyl (C=O) groups excluding carboxylic acids is 2. The zero-order valence-corrected chi connectivity index (χ0v) is 22.7. The highest BCUT2D eigenvalue weighted by molar-refractivity contribution is 8.00. The number of nitrogens with one attached hydrogen (secondary N) is 1. The van der Waals surface area contributed by atoms with Crippen molar-refractivity contribution in [2.24, 2.45) is 7.05 Å². The Morgan fingerprint density at radius 3 is 1.77 bits per heavy atom. The van der Waals surface area contributed by atoms with Crippen molar-refractivity contribution >= 4 is 34.5 Å². The molecule has 0 fully saturated rings. The Morgan fingerprint density at radius 2 is 1.28 bits per heavy atom. The number of para-hydroxylation sites is 1. The van der Waals surface area contributed by atoms with Gasteiger partial charge in [0.25, 0.3) is 5.91 Å². The molecule has 1 N–H and O–H groups in total. The molecule has 1 unspecified atom stereocenters. The maximum atomic E-state index is 13.5. The van der Waals surface area contributed by atoms with Crippen LogP contribution in [0.25, 0.3) is 10.9 Å². The van der Waals surface area contributed by atoms with Gasteiger partial charge >= 0.3 is 5.97 Å². The standard InChI is InChI=1S/C33H30N2O3S/c1-35-29-21-13-12-14-24(29)22-30(35)31(36)34-28(32(37)38-2)23-39-33(25-15-6-3-7-16-25,26-17-8-4-9-18-26)27-19-10-5-11-20-27/h3-22,28H,23H2,1-2H3,(H,34,36). The second-order valence-corrected chi connectivity index (χ2v) is 10.5. The van der Waals surface area contributed by atoms with Crippen molar-refractivity contribution in [3.05, 3.63) is 144 Å². The summed E-state index contributed by atoms with van der Waals surface area (Å²) in [6.45, 7) is 0. The average Bonchev–Trinajstić information content (AvgIpc) is 3.34. The number of thioether (sulfide) groups is 1. The molecule has 6 heteroatoms. The summed E-state index contributed by atoms with van der Waals surface area (Å²) in [4.78, 5) is 26.5. The topological polar surface area (TPSA) is 60.3 Å². The van der Waals surface area contributed by atoms with Gasteiger partial charge in [0.15, 0.2) is 0 Å². The van der Waals surface area contributed by atoms with E-state index < -0.39 is 16.8 Å². The minimum absolute atomic E-state index is 0.293. The van der Waals surface area contributed by atoms with Crippen molar-refractivity contribution in [3.8, 4) is 0 Å². The van der Waals surface area contributed by atoms with Crippen LogP contribution >= 0.6 is 11.8 Å². The minimum Gasteiger partial charge on any atom is -0.467 e. The highest BCUT2D eigenvalue weighted by Gasteiger charge is 2.39. The third kappa shape index (κ3) is 5.20. The third-order valence-electron chi connectivity index (χ3n) is 6.98. The number of hydrogen-bond acceptors (Lipinski definition) is 4. The Balaban J connectivity index is 1.53. The van der Waals surface area contributed by atoms with E-state index in [1.807, 2.05) is 96.5 Å². The van der Waals surface area contributed by atoms with Crippen LogP contribution in [-0.2, 0) is 21.3 Å². The lowest BCUT2D eigenvalue weighted by atomic mass is 9.84. The Labute approximate surface area is 232 Å². The fourth-order valence-electron chi connectivity index (χ4n) is 5.03. The highest BCUT2D eigenvalue weighted by Crippen LogP contribution is 2.48. The molecule has 1 aromatic heterocycles. The van der Waals surface area contributed by atoms with Gasteiger partial charge in [0, 0.05) is 23.7 Å². The molecule has 0 saturated carbocycles. The zero-order chi connectivity index (χ0) is 27.2. The predicted octanol–water partition coefficient (Wildman–Crippen LogP) is 6.18. The first-order chi connectivity index (χ1) is 19.0. The van der Waals surface area contributed by atoms with Crippen LogP contribution in [0.1, 0.15) is 27.2 Å². The molecule has 0 spiro atoms. The zero-order valence-electron chi connectivity index (χ0n) is 21.9. The molecule has 0 saturated heterocycles. The largest absolute Gasteiger partial charge is 0.467 e. The van der Waals surface area contributed by atoms with Gasteiger partial charge in [-0.2, -0.15) is 0 Å². The summed E-state index contributed by atoms with van der Waals surface area (Å²) in [6.07, 6.45) is 0. The van der Waals surface area contributed by atoms with Gasteiger partial charge in [-0.1, -0.05) is 109 Å². The maximum Gasteiger partial charge on any atom is 0.329 e. The molecule has 0 aliphatic carbocycles. The lowest BCUT2D eigenvalue weighted by Crippen LogP contribution is -2.45. The Morgan fingerprint density at radius 1 is 0.795 bits per heavy atom. The molecule has 1 heterocycles. The fourth-order valence-corrected chi connectivity index (χ4v) is 6.57. The SMILES string of the molecule is COC(=O)C(CSC(c1ccccc1)(c1ccccc1)c1ccccc1)NC(=O)c1cc2ccccc2n1C. The van der Waals surface area contributed by atoms with Crippen molar-refractivity contribution in [1.29, 1.82) is 0 Å². The van der Waals surface area contributed by atoms with E-state index in [4.69, 9.17) is 4.74 Å². The van der Waals surface area contributed by atoms with Crippen LogP contribution in [0.2, 0.25) is 0 Å². The third-order valence-corrected chi connectivity index (χ3v) is 8.62. The number of benzene rings is 4. The monoisotopic (exact) mass is 534 g/mol. The van der Waals surface area contributed by atoms with E-state index >= 15 is 0 Å². The predicted molar refractivity (Wildman–Crippen MR) is 158 cm³/mol. The van der Waals surface area contributed by atoms with Crippen LogP contribution in [0.4, 0.5) is 0 Å². The fraction of sp³-hybridized carbons (Fsp3) is 0.152. The van der Waals surface area contributed by atoms with E-state index in [1.54, 1.807) is 11.8 Å². The van der Waals surface area contributed by atoms with Crippen LogP contribution in [-0.4, -0.2) is 35.3 Å². The van der Waals surface area contributed by atoms with E-state index in [0.717, 1.165) is 27.6 Å². The summed E-state index contributed by atoms with van der Waals surface area (Å²) < 4.78 is 6.36. The lowest BCUT2D eigenvalue weighted by molar-refractivity contribution is -0.142. The molecule has 0 aliphatic rings. The highest BCUT2D eigenvalue weighted by atomic mass is 32.2. The number of aromatic nitrogens is 1. The number of ether oxygens (including phenoxy) is 1. The molecule has 4 aromatic carbocycles. The summed E-state index contributed by atoms with van der Waals surface area (Å²) >= 11 is 1.60. The number of carbonyl (C=O) groups is 2. The molecule has 5 nitrogen and oxygen atoms in total. The number of hydrogen-bond donors (Lipinski definition) is 1. The van der Waals surface area contributed by atoms with Gasteiger partial charge in [0.1, 0.15) is 11.7 Å². The average molecular weight is 535 g/mol. The first-order valence-electron chi connectivity index (χ1n) is 12.8. The first-order valence-corrected chi connectivity index (χ1v) is 13.8. The number of esters is 1. The Bertz CT molecular complexity index is 1470. The Kier molecular flexibility index (Phi) is 7.84. The van der Waals surface area contributed by atoms with E-state index in [9.17, 15) is 9.59 Å². The van der Waals surface area contributed by atoms with Gasteiger partial charge < -0.3 is 14.6 Å². The number of rotatable bonds is 9. The molecule has 1 amide bonds. The molecule has 39 heavy (non-hydrogen) atoms. The van der Waals surface area contributed by atoms with E-state index in [2.05, 4.69) is 41.7 Å². The Hall–Kier alpha value is -4.29. The molecule has 0 radical (unpaired) electrons. The summed E-state index contributed by atoms with van der Waals surface area (Å²) in [5, 5.41) is 3.92. The van der Waals surface area contributed by atoms with Gasteiger partial charge in [-0.3, -0.25) is 4.79 Å². The smallest absolute Gasteiger partial charge is 0.329 e. The molecule has 0 aliphatic heterocycles. The van der Waals surface area contributed by atoms with Crippen molar-refractivity contribution in [1.82, 2.24) is 9.88 Å². The number of aryl methyl sites for hydroxylation is 1. The molecular weight excluding hydrogens is 504 g/mol. The van der Waals surface area contributed by atoms with Crippen molar-refractivity contribution < 1.29 is 14.3 Å². The van der Waals surface area contributed by atoms with Crippen LogP contribution < -0.4 is 5.32 Å². The number of amides is 1. The van der Waals surface area contributed by atoms with Crippen LogP contribution in [0.3, 0.4) is 0 Å². The number of methoxy groups -OCH3 is 1. The van der Waals surface area contributed by atoms with Gasteiger partial charge in [0.05, 0.1) is 11.9 Å². The maximum absolute atomic E-state index is 13.5. The minimum atomic E-state index is -0.860. The van der Waals surface area contributed by atoms with Crippen molar-refractivity contribution in [3.63, 3.8) is 0 Å². The second kappa shape index (κ2) is 11.6. The molecule has 1 atom stereocenters. The summed E-state index contributed by atoms with van der Waals surface area (Å²) in [6, 6.07) is 39.6. The van der Waals surface area contributed by atoms with Crippen LogP contribution in [0, 0.1) is 0 Å². The van der Waals surface area contributed by atoms with Crippen molar-refractivity contribution in [2.45, 2.75) is 10.8 Å². The molecule has 0 bridgehead atoms. The van der Waals surface area contributed by atoms with Crippen molar-refractivity contribution in [2.75, 3.05) is 12.9 Å². The summed E-state index contributed by atoms with van der Waals surface area (Å²) in [7, 11) is 3.20. The number of fused-ring (bicyclic) bond motifs is 1. The normalized spacial score (nSPS) is 12.2. The van der Waals surface area contributed by atoms with E-state index in [-0.39, 0.29) is 5.91 Å². The molecule has 5 aromatic rings. The lowest BCUT2D eigenvalue weighted by Gasteiger charge is -2.36. The van der Waals surface area contributed by atoms with Gasteiger partial charge in [-0.25, -0.2) is 4.79 Å². The molecule has 196 valence electrons. The van der Waals surface area contributed by atoms with Gasteiger partial charge in [-0.05, 0) is 28.8 Å². The first kappa shape index (κ1) is 26.3. The molecule has 5 rings (SSSR count). The number of nitrogens with zero attached hydrogens (tertiary/aromatic N) is 1. The second-order valence-electron chi connectivity index (χ2n) is 9.29. The van der Waals surface area contributed by atoms with E-state index in [1.165, 1.54) is 7.11 Å². The molecular formula is C33H30N2O3S. The van der Waals surface area contributed by atoms with Gasteiger partial charge in [0.2, 0.25) is 0 Å². The summed E-state index contributed by atoms with van der Waals surface area (Å²) in [5.41, 5.74) is 4.67. The quantitative estimate of drug-likeness (QED) is 0.181. The summed E-state index contributed by atoms with van der Waals surface area (Å²) in [5.74, 6) is -0.520. The van der Waals surface area contributed by atoms with E-state index in [0.29, 0.717) is 11.4 Å². The van der Waals surface area contributed by atoms with Gasteiger partial charge in [-0.15, -0.1) is 11.8 Å².